The van der Waals surface area contributed by atoms with Gasteiger partial charge in [-0.05, 0) is 56.3 Å². The van der Waals surface area contributed by atoms with Crippen LogP contribution in [0.25, 0.3) is 0 Å². The Bertz CT molecular complexity index is 259. The molecule has 0 amide bonds. The van der Waals surface area contributed by atoms with Crippen LogP contribution in [0, 0.1) is 17.8 Å². The molecule has 0 radical (unpaired) electrons. The maximum atomic E-state index is 6.24. The molecule has 2 aliphatic rings. The molecule has 2 aliphatic carbocycles. The second kappa shape index (κ2) is 5.87. The molecule has 0 spiro atoms. The van der Waals surface area contributed by atoms with Gasteiger partial charge in [0, 0.05) is 24.2 Å². The van der Waals surface area contributed by atoms with Gasteiger partial charge in [0.1, 0.15) is 0 Å². The van der Waals surface area contributed by atoms with Crippen LogP contribution in [0.1, 0.15) is 45.4 Å². The van der Waals surface area contributed by atoms with Crippen LogP contribution in [-0.4, -0.2) is 24.2 Å². The van der Waals surface area contributed by atoms with Crippen LogP contribution in [0.2, 0.25) is 0 Å². The normalized spacial score (nSPS) is 50.2. The molecule has 8 N–H and O–H groups in total. The van der Waals surface area contributed by atoms with Gasteiger partial charge in [0.2, 0.25) is 0 Å². The van der Waals surface area contributed by atoms with E-state index in [-0.39, 0.29) is 18.1 Å². The van der Waals surface area contributed by atoms with Crippen molar-refractivity contribution in [2.24, 2.45) is 40.7 Å². The van der Waals surface area contributed by atoms with E-state index in [4.69, 9.17) is 22.9 Å². The Morgan fingerprint density at radius 3 is 2.00 bits per heavy atom. The Balaban J connectivity index is 1.86. The van der Waals surface area contributed by atoms with E-state index in [0.717, 1.165) is 25.7 Å². The van der Waals surface area contributed by atoms with Crippen molar-refractivity contribution in [2.75, 3.05) is 0 Å². The summed E-state index contributed by atoms with van der Waals surface area (Å²) in [6.07, 6.45) is 6.71. The Labute approximate surface area is 111 Å². The van der Waals surface area contributed by atoms with E-state index in [1.807, 2.05) is 0 Å². The van der Waals surface area contributed by atoms with Crippen LogP contribution in [0.3, 0.4) is 0 Å². The monoisotopic (exact) mass is 254 g/mol. The summed E-state index contributed by atoms with van der Waals surface area (Å²) in [5.41, 5.74) is 24.6. The highest BCUT2D eigenvalue weighted by Crippen LogP contribution is 2.35. The van der Waals surface area contributed by atoms with Crippen LogP contribution < -0.4 is 22.9 Å². The Kier molecular flexibility index (Phi) is 4.64. The Morgan fingerprint density at radius 2 is 1.44 bits per heavy atom. The lowest BCUT2D eigenvalue weighted by Crippen LogP contribution is -2.49. The summed E-state index contributed by atoms with van der Waals surface area (Å²) in [7, 11) is 0. The van der Waals surface area contributed by atoms with E-state index in [1.54, 1.807) is 0 Å². The first-order valence-corrected chi connectivity index (χ1v) is 7.49. The highest BCUT2D eigenvalue weighted by Gasteiger charge is 2.34. The lowest BCUT2D eigenvalue weighted by atomic mass is 9.70. The third kappa shape index (κ3) is 3.23. The summed E-state index contributed by atoms with van der Waals surface area (Å²) in [6.45, 7) is 2.18. The van der Waals surface area contributed by atoms with Crippen molar-refractivity contribution < 1.29 is 0 Å². The zero-order valence-electron chi connectivity index (χ0n) is 11.6. The van der Waals surface area contributed by atoms with E-state index in [1.165, 1.54) is 12.8 Å². The van der Waals surface area contributed by atoms with E-state index in [9.17, 15) is 0 Å². The molecule has 0 aromatic rings. The summed E-state index contributed by atoms with van der Waals surface area (Å²) in [5, 5.41) is 0. The predicted molar refractivity (Wildman–Crippen MR) is 75.7 cm³/mol. The lowest BCUT2D eigenvalue weighted by Gasteiger charge is -2.40. The first kappa shape index (κ1) is 14.3. The smallest absolute Gasteiger partial charge is 0.00820 e. The molecule has 106 valence electrons. The van der Waals surface area contributed by atoms with E-state index >= 15 is 0 Å². The van der Waals surface area contributed by atoms with Gasteiger partial charge in [0.15, 0.2) is 0 Å². The average molecular weight is 254 g/mol. The maximum Gasteiger partial charge on any atom is 0.00820 e. The molecular weight excluding hydrogens is 224 g/mol. The molecule has 2 saturated carbocycles. The molecule has 5 atom stereocenters. The summed E-state index contributed by atoms with van der Waals surface area (Å²) >= 11 is 0. The largest absolute Gasteiger partial charge is 0.328 e. The zero-order valence-corrected chi connectivity index (χ0v) is 11.6. The van der Waals surface area contributed by atoms with Gasteiger partial charge < -0.3 is 22.9 Å². The molecule has 0 aliphatic heterocycles. The number of hydrogen-bond donors (Lipinski definition) is 4. The molecule has 0 aromatic carbocycles. The molecule has 5 unspecified atom stereocenters. The van der Waals surface area contributed by atoms with Gasteiger partial charge in [0.05, 0.1) is 0 Å². The molecule has 2 fully saturated rings. The second-order valence-corrected chi connectivity index (χ2v) is 6.76. The molecule has 4 nitrogen and oxygen atoms in total. The third-order valence-corrected chi connectivity index (χ3v) is 5.29. The number of hydrogen-bond acceptors (Lipinski definition) is 4. The quantitative estimate of drug-likeness (QED) is 0.577. The standard InChI is InChI=1S/C14H30N4/c1-8-12(16)5-9(6-13(8)17)4-10-2-3-11(15)7-14(10)18/h8-14H,2-7,15-18H2,1H3. The topological polar surface area (TPSA) is 104 Å². The maximum absolute atomic E-state index is 6.24. The van der Waals surface area contributed by atoms with Crippen molar-refractivity contribution in [2.45, 2.75) is 69.6 Å². The fourth-order valence-corrected chi connectivity index (χ4v) is 3.83. The molecule has 0 heterocycles. The van der Waals surface area contributed by atoms with Crippen LogP contribution >= 0.6 is 0 Å². The number of nitrogens with two attached hydrogens (primary N) is 4. The first-order valence-electron chi connectivity index (χ1n) is 7.49. The van der Waals surface area contributed by atoms with E-state index in [2.05, 4.69) is 6.92 Å². The van der Waals surface area contributed by atoms with Crippen molar-refractivity contribution in [1.82, 2.24) is 0 Å². The van der Waals surface area contributed by atoms with Crippen LogP contribution in [0.15, 0.2) is 0 Å². The van der Waals surface area contributed by atoms with Gasteiger partial charge in [-0.2, -0.15) is 0 Å². The van der Waals surface area contributed by atoms with Crippen molar-refractivity contribution in [3.05, 3.63) is 0 Å². The minimum absolute atomic E-state index is 0.265. The first-order chi connectivity index (χ1) is 8.47. The summed E-state index contributed by atoms with van der Waals surface area (Å²) in [4.78, 5) is 0. The molecular formula is C14H30N4. The number of rotatable bonds is 2. The summed E-state index contributed by atoms with van der Waals surface area (Å²) in [6, 6.07) is 1.12. The second-order valence-electron chi connectivity index (χ2n) is 6.76. The van der Waals surface area contributed by atoms with E-state index < -0.39 is 0 Å². The van der Waals surface area contributed by atoms with Crippen LogP contribution in [0.4, 0.5) is 0 Å². The average Bonchev–Trinajstić information content (AvgIpc) is 2.29. The third-order valence-electron chi connectivity index (χ3n) is 5.29. The molecule has 0 saturated heterocycles. The van der Waals surface area contributed by atoms with Gasteiger partial charge in [0.25, 0.3) is 0 Å². The van der Waals surface area contributed by atoms with Gasteiger partial charge in [-0.3, -0.25) is 0 Å². The van der Waals surface area contributed by atoms with Crippen molar-refractivity contribution in [3.63, 3.8) is 0 Å². The zero-order chi connectivity index (χ0) is 13.3. The minimum atomic E-state index is 0.265. The fraction of sp³-hybridized carbons (Fsp3) is 1.00. The fourth-order valence-electron chi connectivity index (χ4n) is 3.83. The molecule has 4 heteroatoms. The van der Waals surface area contributed by atoms with Gasteiger partial charge in [-0.1, -0.05) is 6.92 Å². The van der Waals surface area contributed by atoms with Crippen LogP contribution in [-0.2, 0) is 0 Å². The SMILES string of the molecule is CC1C(N)CC(CC2CCC(N)CC2N)CC1N. The highest BCUT2D eigenvalue weighted by atomic mass is 14.8. The van der Waals surface area contributed by atoms with Gasteiger partial charge in [-0.25, -0.2) is 0 Å². The summed E-state index contributed by atoms with van der Waals surface area (Å²) in [5.74, 6) is 1.74. The van der Waals surface area contributed by atoms with Crippen molar-refractivity contribution in [3.8, 4) is 0 Å². The van der Waals surface area contributed by atoms with Crippen molar-refractivity contribution >= 4 is 0 Å². The highest BCUT2D eigenvalue weighted by molar-refractivity contribution is 4.92. The van der Waals surface area contributed by atoms with Gasteiger partial charge in [-0.15, -0.1) is 0 Å². The summed E-state index contributed by atoms with van der Waals surface area (Å²) < 4.78 is 0. The van der Waals surface area contributed by atoms with Crippen LogP contribution in [0.5, 0.6) is 0 Å². The molecule has 0 bridgehead atoms. The minimum Gasteiger partial charge on any atom is -0.328 e. The van der Waals surface area contributed by atoms with E-state index in [0.29, 0.717) is 23.8 Å². The molecule has 0 aromatic heterocycles. The Hall–Kier alpha value is -0.160. The lowest BCUT2D eigenvalue weighted by molar-refractivity contribution is 0.163. The Morgan fingerprint density at radius 1 is 0.833 bits per heavy atom. The van der Waals surface area contributed by atoms with Gasteiger partial charge >= 0.3 is 0 Å². The molecule has 18 heavy (non-hydrogen) atoms. The molecule has 2 rings (SSSR count). The predicted octanol–water partition coefficient (Wildman–Crippen LogP) is 0.532. The van der Waals surface area contributed by atoms with Crippen molar-refractivity contribution in [1.29, 1.82) is 0 Å².